The fourth-order valence-corrected chi connectivity index (χ4v) is 2.79. The molecule has 0 atom stereocenters. The van der Waals surface area contributed by atoms with Crippen LogP contribution in [0.5, 0.6) is 0 Å². The van der Waals surface area contributed by atoms with Crippen LogP contribution in [0.1, 0.15) is 66.4 Å². The number of amides is 2. The maximum Gasteiger partial charge on any atom is 0.319 e. The maximum absolute atomic E-state index is 12.1. The first-order chi connectivity index (χ1) is 9.48. The SMILES string of the molecule is CC(C)c1ccc(NC(=O)NC(C)(C)CC(C)(C)C)cc1. The van der Waals surface area contributed by atoms with E-state index in [1.165, 1.54) is 5.56 Å². The summed E-state index contributed by atoms with van der Waals surface area (Å²) in [5, 5.41) is 5.95. The van der Waals surface area contributed by atoms with E-state index >= 15 is 0 Å². The van der Waals surface area contributed by atoms with Crippen molar-refractivity contribution in [3.8, 4) is 0 Å². The molecule has 3 nitrogen and oxygen atoms in total. The van der Waals surface area contributed by atoms with E-state index in [0.29, 0.717) is 5.92 Å². The molecule has 0 fully saturated rings. The molecule has 0 saturated heterocycles. The number of benzene rings is 1. The van der Waals surface area contributed by atoms with Crippen LogP contribution in [0.25, 0.3) is 0 Å². The lowest BCUT2D eigenvalue weighted by Gasteiger charge is -2.33. The number of carbonyl (C=O) groups is 1. The molecular weight excluding hydrogens is 260 g/mol. The quantitative estimate of drug-likeness (QED) is 0.791. The van der Waals surface area contributed by atoms with Crippen molar-refractivity contribution in [1.29, 1.82) is 0 Å². The number of nitrogens with one attached hydrogen (secondary N) is 2. The summed E-state index contributed by atoms with van der Waals surface area (Å²) in [6, 6.07) is 7.86. The number of rotatable bonds is 4. The van der Waals surface area contributed by atoms with Crippen LogP contribution >= 0.6 is 0 Å². The van der Waals surface area contributed by atoms with Gasteiger partial charge in [0.05, 0.1) is 0 Å². The number of hydrogen-bond donors (Lipinski definition) is 2. The molecule has 0 heterocycles. The number of hydrogen-bond acceptors (Lipinski definition) is 1. The molecule has 0 unspecified atom stereocenters. The first-order valence-electron chi connectivity index (χ1n) is 7.68. The smallest absolute Gasteiger partial charge is 0.319 e. The highest BCUT2D eigenvalue weighted by molar-refractivity contribution is 5.89. The number of urea groups is 1. The minimum absolute atomic E-state index is 0.151. The monoisotopic (exact) mass is 290 g/mol. The van der Waals surface area contributed by atoms with Gasteiger partial charge in [0.1, 0.15) is 0 Å². The Kier molecular flexibility index (Phi) is 5.43. The first kappa shape index (κ1) is 17.5. The fourth-order valence-electron chi connectivity index (χ4n) is 2.79. The molecule has 0 aromatic heterocycles. The minimum Gasteiger partial charge on any atom is -0.333 e. The van der Waals surface area contributed by atoms with Crippen molar-refractivity contribution in [2.75, 3.05) is 5.32 Å². The normalized spacial score (nSPS) is 12.4. The van der Waals surface area contributed by atoms with Gasteiger partial charge in [0.15, 0.2) is 0 Å². The lowest BCUT2D eigenvalue weighted by atomic mass is 9.82. The van der Waals surface area contributed by atoms with E-state index in [4.69, 9.17) is 0 Å². The van der Waals surface area contributed by atoms with Gasteiger partial charge in [-0.3, -0.25) is 0 Å². The zero-order valence-corrected chi connectivity index (χ0v) is 14.5. The lowest BCUT2D eigenvalue weighted by Crippen LogP contribution is -2.47. The molecule has 0 aliphatic heterocycles. The van der Waals surface area contributed by atoms with Crippen molar-refractivity contribution in [3.05, 3.63) is 29.8 Å². The lowest BCUT2D eigenvalue weighted by molar-refractivity contribution is 0.220. The number of carbonyl (C=O) groups excluding carboxylic acids is 1. The summed E-state index contributed by atoms with van der Waals surface area (Å²) in [6.45, 7) is 15.0. The molecule has 1 rings (SSSR count). The number of anilines is 1. The fraction of sp³-hybridized carbons (Fsp3) is 0.611. The second-order valence-corrected chi connectivity index (χ2v) is 7.98. The zero-order valence-electron chi connectivity index (χ0n) is 14.5. The van der Waals surface area contributed by atoms with Crippen molar-refractivity contribution in [2.24, 2.45) is 5.41 Å². The van der Waals surface area contributed by atoms with Crippen LogP contribution in [0.3, 0.4) is 0 Å². The van der Waals surface area contributed by atoms with E-state index < -0.39 is 0 Å². The van der Waals surface area contributed by atoms with E-state index in [-0.39, 0.29) is 17.0 Å². The Morgan fingerprint density at radius 1 is 1.05 bits per heavy atom. The van der Waals surface area contributed by atoms with Crippen LogP contribution in [-0.2, 0) is 0 Å². The van der Waals surface area contributed by atoms with Crippen LogP contribution in [0, 0.1) is 5.41 Å². The van der Waals surface area contributed by atoms with Crippen molar-refractivity contribution < 1.29 is 4.79 Å². The van der Waals surface area contributed by atoms with Gasteiger partial charge in [-0.25, -0.2) is 4.79 Å². The Balaban J connectivity index is 2.61. The molecule has 0 radical (unpaired) electrons. The average molecular weight is 290 g/mol. The molecule has 0 spiro atoms. The molecule has 1 aromatic rings. The molecule has 1 aromatic carbocycles. The first-order valence-corrected chi connectivity index (χ1v) is 7.68. The molecule has 21 heavy (non-hydrogen) atoms. The minimum atomic E-state index is -0.236. The van der Waals surface area contributed by atoms with Crippen LogP contribution < -0.4 is 10.6 Å². The third kappa shape index (κ3) is 6.65. The van der Waals surface area contributed by atoms with Crippen molar-refractivity contribution in [1.82, 2.24) is 5.32 Å². The third-order valence-corrected chi connectivity index (χ3v) is 3.26. The van der Waals surface area contributed by atoms with E-state index in [1.807, 2.05) is 12.1 Å². The summed E-state index contributed by atoms with van der Waals surface area (Å²) in [5.74, 6) is 0.499. The van der Waals surface area contributed by atoms with Gasteiger partial charge in [-0.2, -0.15) is 0 Å². The average Bonchev–Trinajstić information content (AvgIpc) is 2.24. The van der Waals surface area contributed by atoms with Gasteiger partial charge in [0.2, 0.25) is 0 Å². The third-order valence-electron chi connectivity index (χ3n) is 3.26. The van der Waals surface area contributed by atoms with E-state index in [9.17, 15) is 4.79 Å². The predicted molar refractivity (Wildman–Crippen MR) is 90.8 cm³/mol. The van der Waals surface area contributed by atoms with Gasteiger partial charge in [-0.1, -0.05) is 46.8 Å². The summed E-state index contributed by atoms with van der Waals surface area (Å²) in [7, 11) is 0. The van der Waals surface area contributed by atoms with Crippen molar-refractivity contribution in [3.63, 3.8) is 0 Å². The summed E-state index contributed by atoms with van der Waals surface area (Å²) in [4.78, 5) is 12.1. The van der Waals surface area contributed by atoms with Gasteiger partial charge in [-0.05, 0) is 49.3 Å². The van der Waals surface area contributed by atoms with Crippen molar-refractivity contribution >= 4 is 11.7 Å². The molecule has 3 heteroatoms. The molecule has 0 saturated carbocycles. The molecule has 0 aliphatic carbocycles. The van der Waals surface area contributed by atoms with Crippen LogP contribution in [0.4, 0.5) is 10.5 Å². The topological polar surface area (TPSA) is 41.1 Å². The zero-order chi connectivity index (χ0) is 16.3. The van der Waals surface area contributed by atoms with Gasteiger partial charge in [0, 0.05) is 11.2 Å². The van der Waals surface area contributed by atoms with Crippen LogP contribution in [0.2, 0.25) is 0 Å². The predicted octanol–water partition coefficient (Wildman–Crippen LogP) is 5.15. The van der Waals surface area contributed by atoms with Gasteiger partial charge in [-0.15, -0.1) is 0 Å². The standard InChI is InChI=1S/C18H30N2O/c1-13(2)14-8-10-15(11-9-14)19-16(21)20-18(6,7)12-17(3,4)5/h8-11,13H,12H2,1-7H3,(H2,19,20,21). The van der Waals surface area contributed by atoms with E-state index in [0.717, 1.165) is 12.1 Å². The molecule has 2 N–H and O–H groups in total. The summed E-state index contributed by atoms with van der Waals surface area (Å²) >= 11 is 0. The molecular formula is C18H30N2O. The summed E-state index contributed by atoms with van der Waals surface area (Å²) in [6.07, 6.45) is 0.916. The maximum atomic E-state index is 12.1. The van der Waals surface area contributed by atoms with E-state index in [1.54, 1.807) is 0 Å². The Bertz CT molecular complexity index is 467. The van der Waals surface area contributed by atoms with Gasteiger partial charge < -0.3 is 10.6 Å². The highest BCUT2D eigenvalue weighted by Crippen LogP contribution is 2.26. The summed E-state index contributed by atoms with van der Waals surface area (Å²) < 4.78 is 0. The largest absolute Gasteiger partial charge is 0.333 e. The highest BCUT2D eigenvalue weighted by atomic mass is 16.2. The summed E-state index contributed by atoms with van der Waals surface area (Å²) in [5.41, 5.74) is 2.04. The Hall–Kier alpha value is -1.51. The van der Waals surface area contributed by atoms with E-state index in [2.05, 4.69) is 71.2 Å². The van der Waals surface area contributed by atoms with Crippen LogP contribution in [0.15, 0.2) is 24.3 Å². The van der Waals surface area contributed by atoms with Gasteiger partial charge in [0.25, 0.3) is 0 Å². The molecule has 0 bridgehead atoms. The second kappa shape index (κ2) is 6.50. The highest BCUT2D eigenvalue weighted by Gasteiger charge is 2.26. The molecule has 2 amide bonds. The van der Waals surface area contributed by atoms with Crippen LogP contribution in [-0.4, -0.2) is 11.6 Å². The Labute approximate surface area is 129 Å². The van der Waals surface area contributed by atoms with Gasteiger partial charge >= 0.3 is 6.03 Å². The Morgan fingerprint density at radius 2 is 1.57 bits per heavy atom. The van der Waals surface area contributed by atoms with Crippen molar-refractivity contribution in [2.45, 2.75) is 66.3 Å². The Morgan fingerprint density at radius 3 is 2.00 bits per heavy atom. The second-order valence-electron chi connectivity index (χ2n) is 7.98. The molecule has 0 aliphatic rings. The molecule has 118 valence electrons.